The van der Waals surface area contributed by atoms with Crippen molar-refractivity contribution in [1.82, 2.24) is 15.5 Å². The van der Waals surface area contributed by atoms with E-state index >= 15 is 0 Å². The number of nitrogens with zero attached hydrogens (tertiary/aromatic N) is 2. The van der Waals surface area contributed by atoms with Gasteiger partial charge in [-0.05, 0) is 31.4 Å². The van der Waals surface area contributed by atoms with Crippen LogP contribution in [0.25, 0.3) is 0 Å². The van der Waals surface area contributed by atoms with E-state index in [2.05, 4.69) is 53.6 Å². The van der Waals surface area contributed by atoms with Gasteiger partial charge in [-0.15, -0.1) is 24.0 Å². The lowest BCUT2D eigenvalue weighted by Crippen LogP contribution is -2.53. The Kier molecular flexibility index (Phi) is 10.5. The molecule has 0 saturated carbocycles. The molecule has 2 aliphatic rings. The average Bonchev–Trinajstić information content (AvgIpc) is 3.22. The van der Waals surface area contributed by atoms with Gasteiger partial charge in [-0.25, -0.2) is 4.99 Å². The van der Waals surface area contributed by atoms with E-state index in [1.54, 1.807) is 0 Å². The number of hydrogen-bond acceptors (Lipinski definition) is 4. The van der Waals surface area contributed by atoms with Gasteiger partial charge in [-0.2, -0.15) is 0 Å². The highest BCUT2D eigenvalue weighted by atomic mass is 127. The van der Waals surface area contributed by atoms with E-state index in [4.69, 9.17) is 14.5 Å². The van der Waals surface area contributed by atoms with Crippen LogP contribution in [-0.4, -0.2) is 69.5 Å². The van der Waals surface area contributed by atoms with Crippen LogP contribution in [0, 0.1) is 12.8 Å². The molecule has 0 aliphatic carbocycles. The number of rotatable bonds is 7. The predicted octanol–water partition coefficient (Wildman–Crippen LogP) is 2.41. The normalized spacial score (nSPS) is 21.8. The molecule has 6 nitrogen and oxygen atoms in total. The van der Waals surface area contributed by atoms with Gasteiger partial charge in [0.15, 0.2) is 5.96 Å². The number of aryl methyl sites for hydroxylation is 1. The molecular formula is C21H35IN4O2. The first-order valence-electron chi connectivity index (χ1n) is 10.2. The number of nitrogens with one attached hydrogen (secondary N) is 2. The number of hydrogen-bond donors (Lipinski definition) is 2. The number of benzene rings is 1. The van der Waals surface area contributed by atoms with Crippen molar-refractivity contribution in [3.05, 3.63) is 35.4 Å². The smallest absolute Gasteiger partial charge is 0.191 e. The van der Waals surface area contributed by atoms with E-state index in [1.165, 1.54) is 11.1 Å². The summed E-state index contributed by atoms with van der Waals surface area (Å²) in [5.74, 6) is 1.47. The zero-order chi connectivity index (χ0) is 18.9. The Hall–Kier alpha value is -0.900. The summed E-state index contributed by atoms with van der Waals surface area (Å²) < 4.78 is 11.2. The van der Waals surface area contributed by atoms with Gasteiger partial charge >= 0.3 is 0 Å². The summed E-state index contributed by atoms with van der Waals surface area (Å²) in [5, 5.41) is 6.97. The highest BCUT2D eigenvalue weighted by Gasteiger charge is 2.31. The zero-order valence-corrected chi connectivity index (χ0v) is 19.5. The Morgan fingerprint density at radius 1 is 1.18 bits per heavy atom. The van der Waals surface area contributed by atoms with Crippen LogP contribution >= 0.6 is 24.0 Å². The molecule has 28 heavy (non-hydrogen) atoms. The van der Waals surface area contributed by atoms with Gasteiger partial charge in [0, 0.05) is 44.7 Å². The minimum absolute atomic E-state index is 0. The number of aliphatic imine (C=N–C) groups is 1. The van der Waals surface area contributed by atoms with Crippen molar-refractivity contribution in [2.24, 2.45) is 10.9 Å². The molecule has 0 bridgehead atoms. The average molecular weight is 502 g/mol. The molecule has 1 aromatic carbocycles. The Morgan fingerprint density at radius 3 is 2.64 bits per heavy atom. The molecular weight excluding hydrogens is 467 g/mol. The Labute approximate surface area is 186 Å². The van der Waals surface area contributed by atoms with E-state index < -0.39 is 0 Å². The fourth-order valence-corrected chi connectivity index (χ4v) is 3.85. The Balaban J connectivity index is 0.00000280. The summed E-state index contributed by atoms with van der Waals surface area (Å²) >= 11 is 0. The van der Waals surface area contributed by atoms with Crippen LogP contribution in [0.4, 0.5) is 0 Å². The molecule has 2 saturated heterocycles. The molecule has 0 spiro atoms. The van der Waals surface area contributed by atoms with Crippen LogP contribution in [0.15, 0.2) is 29.3 Å². The molecule has 158 valence electrons. The molecule has 2 N–H and O–H groups in total. The van der Waals surface area contributed by atoms with Crippen LogP contribution in [0.3, 0.4) is 0 Å². The first-order chi connectivity index (χ1) is 13.3. The molecule has 2 heterocycles. The van der Waals surface area contributed by atoms with E-state index in [9.17, 15) is 0 Å². The van der Waals surface area contributed by atoms with Gasteiger partial charge in [-0.1, -0.05) is 24.3 Å². The van der Waals surface area contributed by atoms with Crippen molar-refractivity contribution in [1.29, 1.82) is 0 Å². The SMILES string of the molecule is CCNC(=NCc1ccccc1C)NCC(C1CCOC1)N1CCOCC1.I. The summed E-state index contributed by atoms with van der Waals surface area (Å²) in [7, 11) is 0. The van der Waals surface area contributed by atoms with Crippen LogP contribution < -0.4 is 10.6 Å². The molecule has 0 aromatic heterocycles. The first kappa shape index (κ1) is 23.4. The lowest BCUT2D eigenvalue weighted by molar-refractivity contribution is 0.00246. The van der Waals surface area contributed by atoms with Gasteiger partial charge in [0.2, 0.25) is 0 Å². The standard InChI is InChI=1S/C21H34N4O2.HI/c1-3-22-21(23-14-18-7-5-4-6-17(18)2)24-15-20(19-8-11-27-16-19)25-9-12-26-13-10-25;/h4-7,19-20H,3,8-16H2,1-2H3,(H2,22,23,24);1H. The van der Waals surface area contributed by atoms with Crippen molar-refractivity contribution < 1.29 is 9.47 Å². The molecule has 0 radical (unpaired) electrons. The third-order valence-electron chi connectivity index (χ3n) is 5.52. The fraction of sp³-hybridized carbons (Fsp3) is 0.667. The Bertz CT molecular complexity index is 602. The highest BCUT2D eigenvalue weighted by molar-refractivity contribution is 14.0. The largest absolute Gasteiger partial charge is 0.381 e. The lowest BCUT2D eigenvalue weighted by Gasteiger charge is -2.37. The van der Waals surface area contributed by atoms with Crippen LogP contribution in [0.5, 0.6) is 0 Å². The van der Waals surface area contributed by atoms with Gasteiger partial charge < -0.3 is 20.1 Å². The molecule has 2 fully saturated rings. The second kappa shape index (κ2) is 12.6. The summed E-state index contributed by atoms with van der Waals surface area (Å²) in [6.07, 6.45) is 1.14. The Morgan fingerprint density at radius 2 is 1.96 bits per heavy atom. The van der Waals surface area contributed by atoms with Crippen molar-refractivity contribution >= 4 is 29.9 Å². The monoisotopic (exact) mass is 502 g/mol. The topological polar surface area (TPSA) is 58.1 Å². The highest BCUT2D eigenvalue weighted by Crippen LogP contribution is 2.21. The molecule has 2 atom stereocenters. The maximum absolute atomic E-state index is 5.67. The van der Waals surface area contributed by atoms with Crippen LogP contribution in [-0.2, 0) is 16.0 Å². The second-order valence-corrected chi connectivity index (χ2v) is 7.34. The first-order valence-corrected chi connectivity index (χ1v) is 10.2. The minimum Gasteiger partial charge on any atom is -0.381 e. The van der Waals surface area contributed by atoms with E-state index in [1.807, 2.05) is 0 Å². The van der Waals surface area contributed by atoms with Crippen LogP contribution in [0.1, 0.15) is 24.5 Å². The molecule has 1 aromatic rings. The minimum atomic E-state index is 0. The maximum Gasteiger partial charge on any atom is 0.191 e. The number of ether oxygens (including phenoxy) is 2. The second-order valence-electron chi connectivity index (χ2n) is 7.34. The zero-order valence-electron chi connectivity index (χ0n) is 17.2. The fourth-order valence-electron chi connectivity index (χ4n) is 3.85. The third-order valence-corrected chi connectivity index (χ3v) is 5.52. The molecule has 7 heteroatoms. The summed E-state index contributed by atoms with van der Waals surface area (Å²) in [4.78, 5) is 7.36. The van der Waals surface area contributed by atoms with Crippen LogP contribution in [0.2, 0.25) is 0 Å². The van der Waals surface area contributed by atoms with E-state index in [0.29, 0.717) is 18.5 Å². The number of guanidine groups is 1. The van der Waals surface area contributed by atoms with Gasteiger partial charge in [-0.3, -0.25) is 4.90 Å². The molecule has 2 aliphatic heterocycles. The maximum atomic E-state index is 5.67. The molecule has 2 unspecified atom stereocenters. The van der Waals surface area contributed by atoms with Gasteiger partial charge in [0.05, 0.1) is 26.4 Å². The van der Waals surface area contributed by atoms with Gasteiger partial charge in [0.1, 0.15) is 0 Å². The lowest BCUT2D eigenvalue weighted by atomic mass is 9.97. The van der Waals surface area contributed by atoms with Crippen molar-refractivity contribution in [2.75, 3.05) is 52.6 Å². The quantitative estimate of drug-likeness (QED) is 0.341. The summed E-state index contributed by atoms with van der Waals surface area (Å²) in [6, 6.07) is 8.89. The van der Waals surface area contributed by atoms with Gasteiger partial charge in [0.25, 0.3) is 0 Å². The predicted molar refractivity (Wildman–Crippen MR) is 125 cm³/mol. The number of halogens is 1. The van der Waals surface area contributed by atoms with Crippen molar-refractivity contribution in [2.45, 2.75) is 32.9 Å². The number of morpholine rings is 1. The van der Waals surface area contributed by atoms with E-state index in [0.717, 1.165) is 65.0 Å². The van der Waals surface area contributed by atoms with E-state index in [-0.39, 0.29) is 24.0 Å². The molecule has 3 rings (SSSR count). The van der Waals surface area contributed by atoms with Crippen molar-refractivity contribution in [3.63, 3.8) is 0 Å². The molecule has 0 amide bonds. The third kappa shape index (κ3) is 6.86. The summed E-state index contributed by atoms with van der Waals surface area (Å²) in [6.45, 7) is 12.1. The summed E-state index contributed by atoms with van der Waals surface area (Å²) in [5.41, 5.74) is 2.55. The van der Waals surface area contributed by atoms with Crippen molar-refractivity contribution in [3.8, 4) is 0 Å².